The second-order valence-electron chi connectivity index (χ2n) is 3.38. The molecule has 1 amide bonds. The molecule has 14 heavy (non-hydrogen) atoms. The maximum Gasteiger partial charge on any atom is 0.263 e. The van der Waals surface area contributed by atoms with E-state index in [1.165, 1.54) is 11.3 Å². The number of carbonyl (C=O) groups excluding carboxylic acids is 1. The zero-order valence-corrected chi connectivity index (χ0v) is 11.6. The first-order valence-corrected chi connectivity index (χ1v) is 6.72. The predicted molar refractivity (Wildman–Crippen MR) is 64.8 cm³/mol. The first-order valence-electron chi connectivity index (χ1n) is 4.31. The van der Waals surface area contributed by atoms with Crippen molar-refractivity contribution in [1.29, 1.82) is 0 Å². The summed E-state index contributed by atoms with van der Waals surface area (Å²) < 4.78 is 1.93. The third-order valence-electron chi connectivity index (χ3n) is 2.27. The summed E-state index contributed by atoms with van der Waals surface area (Å²) in [6, 6.07) is 2.35. The van der Waals surface area contributed by atoms with E-state index in [0.717, 1.165) is 26.0 Å². The van der Waals surface area contributed by atoms with Gasteiger partial charge in [0.15, 0.2) is 0 Å². The van der Waals surface area contributed by atoms with Crippen molar-refractivity contribution in [2.75, 3.05) is 7.05 Å². The lowest BCUT2D eigenvalue weighted by Gasteiger charge is -2.14. The number of carbonyl (C=O) groups is 1. The Labute approximate surface area is 104 Å². The monoisotopic (exact) mass is 337 g/mol. The number of thiophene rings is 1. The highest BCUT2D eigenvalue weighted by molar-refractivity contribution is 9.13. The van der Waals surface area contributed by atoms with Gasteiger partial charge in [-0.05, 0) is 50.8 Å². The van der Waals surface area contributed by atoms with E-state index >= 15 is 0 Å². The van der Waals surface area contributed by atoms with E-state index < -0.39 is 0 Å². The third-order valence-corrected chi connectivity index (χ3v) is 5.52. The molecule has 0 N–H and O–H groups in total. The minimum Gasteiger partial charge on any atom is -0.338 e. The molecular formula is C9H9Br2NOS. The molecule has 1 aromatic rings. The second kappa shape index (κ2) is 3.94. The van der Waals surface area contributed by atoms with Gasteiger partial charge in [-0.1, -0.05) is 0 Å². The Morgan fingerprint density at radius 2 is 2.21 bits per heavy atom. The maximum atomic E-state index is 11.9. The molecule has 1 fully saturated rings. The van der Waals surface area contributed by atoms with Crippen molar-refractivity contribution < 1.29 is 4.79 Å². The standard InChI is InChI=1S/C9H9Br2NOS/c1-12(5-2-3-5)9(13)7-4-6(10)8(11)14-7/h4-5H,2-3H2,1H3. The number of hydrogen-bond donors (Lipinski definition) is 0. The van der Waals surface area contributed by atoms with Gasteiger partial charge in [-0.25, -0.2) is 0 Å². The summed E-state index contributed by atoms with van der Waals surface area (Å²) >= 11 is 8.24. The van der Waals surface area contributed by atoms with E-state index in [0.29, 0.717) is 6.04 Å². The first kappa shape index (κ1) is 10.6. The van der Waals surface area contributed by atoms with Crippen LogP contribution < -0.4 is 0 Å². The highest BCUT2D eigenvalue weighted by Crippen LogP contribution is 2.34. The summed E-state index contributed by atoms with van der Waals surface area (Å²) in [5.41, 5.74) is 0. The van der Waals surface area contributed by atoms with Crippen molar-refractivity contribution in [1.82, 2.24) is 4.90 Å². The Balaban J connectivity index is 2.17. The van der Waals surface area contributed by atoms with Crippen LogP contribution in [-0.4, -0.2) is 23.9 Å². The van der Waals surface area contributed by atoms with E-state index in [1.54, 1.807) is 0 Å². The van der Waals surface area contributed by atoms with Gasteiger partial charge < -0.3 is 4.90 Å². The Kier molecular flexibility index (Phi) is 3.00. The Bertz CT molecular complexity index is 353. The highest BCUT2D eigenvalue weighted by Gasteiger charge is 2.30. The summed E-state index contributed by atoms with van der Waals surface area (Å²) in [5, 5.41) is 0. The number of amides is 1. The van der Waals surface area contributed by atoms with E-state index in [2.05, 4.69) is 31.9 Å². The van der Waals surface area contributed by atoms with Crippen LogP contribution in [0.25, 0.3) is 0 Å². The van der Waals surface area contributed by atoms with Crippen molar-refractivity contribution in [3.05, 3.63) is 19.2 Å². The van der Waals surface area contributed by atoms with Gasteiger partial charge >= 0.3 is 0 Å². The molecule has 0 aromatic carbocycles. The van der Waals surface area contributed by atoms with Crippen LogP contribution in [0.1, 0.15) is 22.5 Å². The fraction of sp³-hybridized carbons (Fsp3) is 0.444. The van der Waals surface area contributed by atoms with Crippen LogP contribution in [0.5, 0.6) is 0 Å². The molecule has 0 saturated heterocycles. The number of hydrogen-bond acceptors (Lipinski definition) is 2. The summed E-state index contributed by atoms with van der Waals surface area (Å²) in [7, 11) is 1.88. The molecule has 1 aliphatic carbocycles. The molecular weight excluding hydrogens is 330 g/mol. The normalized spacial score (nSPS) is 15.6. The summed E-state index contributed by atoms with van der Waals surface area (Å²) in [6.45, 7) is 0. The quantitative estimate of drug-likeness (QED) is 0.808. The van der Waals surface area contributed by atoms with Gasteiger partial charge in [0.1, 0.15) is 0 Å². The first-order chi connectivity index (χ1) is 6.59. The van der Waals surface area contributed by atoms with Crippen LogP contribution in [0.4, 0.5) is 0 Å². The minimum absolute atomic E-state index is 0.129. The SMILES string of the molecule is CN(C(=O)c1cc(Br)c(Br)s1)C1CC1. The smallest absolute Gasteiger partial charge is 0.263 e. The Morgan fingerprint density at radius 3 is 2.64 bits per heavy atom. The van der Waals surface area contributed by atoms with Crippen molar-refractivity contribution in [2.24, 2.45) is 0 Å². The molecule has 0 unspecified atom stereocenters. The fourth-order valence-electron chi connectivity index (χ4n) is 1.25. The molecule has 1 heterocycles. The summed E-state index contributed by atoms with van der Waals surface area (Å²) in [5.74, 6) is 0.129. The molecule has 2 nitrogen and oxygen atoms in total. The Hall–Kier alpha value is 0.130. The van der Waals surface area contributed by atoms with E-state index in [-0.39, 0.29) is 5.91 Å². The lowest BCUT2D eigenvalue weighted by Crippen LogP contribution is -2.27. The third kappa shape index (κ3) is 2.04. The van der Waals surface area contributed by atoms with E-state index in [9.17, 15) is 4.79 Å². The molecule has 0 radical (unpaired) electrons. The van der Waals surface area contributed by atoms with Gasteiger partial charge in [-0.3, -0.25) is 4.79 Å². The van der Waals surface area contributed by atoms with Gasteiger partial charge in [-0.2, -0.15) is 0 Å². The minimum atomic E-state index is 0.129. The molecule has 0 spiro atoms. The van der Waals surface area contributed by atoms with Crippen LogP contribution in [0.3, 0.4) is 0 Å². The van der Waals surface area contributed by atoms with Crippen LogP contribution in [0.15, 0.2) is 14.3 Å². The number of halogens is 2. The molecule has 0 bridgehead atoms. The van der Waals surface area contributed by atoms with Gasteiger partial charge in [0.2, 0.25) is 0 Å². The Morgan fingerprint density at radius 1 is 1.57 bits per heavy atom. The molecule has 5 heteroatoms. The van der Waals surface area contributed by atoms with Crippen LogP contribution in [0, 0.1) is 0 Å². The molecule has 2 rings (SSSR count). The highest BCUT2D eigenvalue weighted by atomic mass is 79.9. The number of rotatable bonds is 2. The molecule has 76 valence electrons. The van der Waals surface area contributed by atoms with Crippen molar-refractivity contribution in [3.63, 3.8) is 0 Å². The van der Waals surface area contributed by atoms with E-state index in [4.69, 9.17) is 0 Å². The summed E-state index contributed by atoms with van der Waals surface area (Å²) in [6.07, 6.45) is 2.30. The predicted octanol–water partition coefficient (Wildman–Crippen LogP) is 3.51. The molecule has 0 aliphatic heterocycles. The van der Waals surface area contributed by atoms with Crippen LogP contribution >= 0.6 is 43.2 Å². The van der Waals surface area contributed by atoms with Crippen LogP contribution in [-0.2, 0) is 0 Å². The van der Waals surface area contributed by atoms with Gasteiger partial charge in [0, 0.05) is 17.6 Å². The average molecular weight is 339 g/mol. The van der Waals surface area contributed by atoms with Crippen molar-refractivity contribution in [3.8, 4) is 0 Å². The zero-order valence-electron chi connectivity index (χ0n) is 7.59. The number of nitrogens with zero attached hydrogens (tertiary/aromatic N) is 1. The molecule has 1 aromatic heterocycles. The van der Waals surface area contributed by atoms with Crippen molar-refractivity contribution >= 4 is 49.1 Å². The fourth-order valence-corrected chi connectivity index (χ4v) is 3.27. The largest absolute Gasteiger partial charge is 0.338 e. The van der Waals surface area contributed by atoms with Crippen molar-refractivity contribution in [2.45, 2.75) is 18.9 Å². The van der Waals surface area contributed by atoms with Crippen LogP contribution in [0.2, 0.25) is 0 Å². The second-order valence-corrected chi connectivity index (χ2v) is 6.60. The van der Waals surface area contributed by atoms with E-state index in [1.807, 2.05) is 18.0 Å². The van der Waals surface area contributed by atoms with Gasteiger partial charge in [0.05, 0.1) is 8.66 Å². The topological polar surface area (TPSA) is 20.3 Å². The molecule has 1 saturated carbocycles. The molecule has 1 aliphatic rings. The van der Waals surface area contributed by atoms with Gasteiger partial charge in [0.25, 0.3) is 5.91 Å². The average Bonchev–Trinajstić information content (AvgIpc) is 2.93. The lowest BCUT2D eigenvalue weighted by atomic mass is 10.4. The lowest BCUT2D eigenvalue weighted by molar-refractivity contribution is 0.0790. The summed E-state index contributed by atoms with van der Waals surface area (Å²) in [4.78, 5) is 14.5. The maximum absolute atomic E-state index is 11.9. The van der Waals surface area contributed by atoms with Gasteiger partial charge in [-0.15, -0.1) is 11.3 Å². The molecule has 0 atom stereocenters. The zero-order chi connectivity index (χ0) is 10.3.